The molecule has 2 aromatic carbocycles. The molecule has 142 valence electrons. The molecule has 27 heavy (non-hydrogen) atoms. The predicted molar refractivity (Wildman–Crippen MR) is 90.9 cm³/mol. The highest BCUT2D eigenvalue weighted by Crippen LogP contribution is 2.40. The van der Waals surface area contributed by atoms with Gasteiger partial charge < -0.3 is 9.84 Å². The number of carboxylic acids is 1. The van der Waals surface area contributed by atoms with Crippen LogP contribution in [0.5, 0.6) is 5.75 Å². The Hall–Kier alpha value is -2.54. The number of hydrogen-bond acceptors (Lipinski definition) is 3. The van der Waals surface area contributed by atoms with E-state index in [-0.39, 0.29) is 24.1 Å². The van der Waals surface area contributed by atoms with Crippen molar-refractivity contribution < 1.29 is 27.8 Å². The van der Waals surface area contributed by atoms with Crippen LogP contribution in [-0.4, -0.2) is 29.1 Å². The van der Waals surface area contributed by atoms with Crippen LogP contribution in [0.2, 0.25) is 0 Å². The number of likely N-dealkylation sites (tertiary alicyclic amines) is 1. The van der Waals surface area contributed by atoms with Gasteiger partial charge in [0.2, 0.25) is 0 Å². The molecule has 4 rings (SSSR count). The number of ether oxygens (including phenoxy) is 1. The topological polar surface area (TPSA) is 49.8 Å². The molecule has 1 aliphatic carbocycles. The number of fused-ring (bicyclic) bond motifs is 1. The summed E-state index contributed by atoms with van der Waals surface area (Å²) in [5.41, 5.74) is 2.07. The monoisotopic (exact) mass is 377 g/mol. The fourth-order valence-corrected chi connectivity index (χ4v) is 3.84. The molecule has 0 saturated carbocycles. The SMILES string of the molecule is O=C(O)C1CN(C2CCc3cc(OCc4cc(F)cc(F)c4F)ccc32)C1. The lowest BCUT2D eigenvalue weighted by Gasteiger charge is -2.41. The van der Waals surface area contributed by atoms with E-state index in [9.17, 15) is 18.0 Å². The van der Waals surface area contributed by atoms with E-state index >= 15 is 0 Å². The quantitative estimate of drug-likeness (QED) is 0.808. The summed E-state index contributed by atoms with van der Waals surface area (Å²) >= 11 is 0. The summed E-state index contributed by atoms with van der Waals surface area (Å²) < 4.78 is 45.8. The Morgan fingerprint density at radius 3 is 2.70 bits per heavy atom. The summed E-state index contributed by atoms with van der Waals surface area (Å²) in [6, 6.07) is 7.17. The Labute approximate surface area is 154 Å². The van der Waals surface area contributed by atoms with Crippen molar-refractivity contribution in [1.82, 2.24) is 4.90 Å². The van der Waals surface area contributed by atoms with Gasteiger partial charge in [-0.1, -0.05) is 6.07 Å². The van der Waals surface area contributed by atoms with Gasteiger partial charge in [-0.3, -0.25) is 9.69 Å². The van der Waals surface area contributed by atoms with Gasteiger partial charge in [0.05, 0.1) is 5.92 Å². The maximum atomic E-state index is 13.7. The second-order valence-electron chi connectivity index (χ2n) is 7.05. The molecule has 0 spiro atoms. The van der Waals surface area contributed by atoms with Gasteiger partial charge in [-0.15, -0.1) is 0 Å². The zero-order valence-corrected chi connectivity index (χ0v) is 14.4. The van der Waals surface area contributed by atoms with Crippen LogP contribution in [0, 0.1) is 23.4 Å². The van der Waals surface area contributed by atoms with Crippen molar-refractivity contribution in [2.24, 2.45) is 5.92 Å². The van der Waals surface area contributed by atoms with Crippen LogP contribution in [0.1, 0.15) is 29.2 Å². The lowest BCUT2D eigenvalue weighted by Crippen LogP contribution is -2.51. The third kappa shape index (κ3) is 3.39. The van der Waals surface area contributed by atoms with E-state index in [0.29, 0.717) is 24.9 Å². The minimum absolute atomic E-state index is 0.175. The molecule has 2 aliphatic rings. The van der Waals surface area contributed by atoms with E-state index in [0.717, 1.165) is 30.0 Å². The number of carbonyl (C=O) groups is 1. The van der Waals surface area contributed by atoms with Gasteiger partial charge in [0.25, 0.3) is 0 Å². The number of halogens is 3. The number of rotatable bonds is 5. The molecule has 1 aliphatic heterocycles. The molecule has 0 aromatic heterocycles. The van der Waals surface area contributed by atoms with Crippen LogP contribution in [0.15, 0.2) is 30.3 Å². The van der Waals surface area contributed by atoms with Crippen molar-refractivity contribution in [3.63, 3.8) is 0 Å². The number of hydrogen-bond donors (Lipinski definition) is 1. The molecule has 4 nitrogen and oxygen atoms in total. The highest BCUT2D eigenvalue weighted by atomic mass is 19.2. The van der Waals surface area contributed by atoms with Gasteiger partial charge in [-0.25, -0.2) is 13.2 Å². The van der Waals surface area contributed by atoms with Gasteiger partial charge in [-0.2, -0.15) is 0 Å². The average molecular weight is 377 g/mol. The average Bonchev–Trinajstić information content (AvgIpc) is 2.98. The van der Waals surface area contributed by atoms with Gasteiger partial charge in [-0.05, 0) is 42.2 Å². The Morgan fingerprint density at radius 2 is 1.96 bits per heavy atom. The molecule has 1 heterocycles. The number of benzene rings is 2. The first kappa shape index (κ1) is 17.9. The van der Waals surface area contributed by atoms with Crippen LogP contribution in [0.25, 0.3) is 0 Å². The highest BCUT2D eigenvalue weighted by Gasteiger charge is 2.39. The van der Waals surface area contributed by atoms with Crippen molar-refractivity contribution in [3.05, 3.63) is 64.5 Å². The molecule has 1 atom stereocenters. The minimum atomic E-state index is -1.24. The van der Waals surface area contributed by atoms with E-state index in [1.165, 1.54) is 0 Å². The molecule has 1 saturated heterocycles. The van der Waals surface area contributed by atoms with Crippen LogP contribution < -0.4 is 4.74 Å². The van der Waals surface area contributed by atoms with Crippen molar-refractivity contribution in [1.29, 1.82) is 0 Å². The molecule has 1 fully saturated rings. The van der Waals surface area contributed by atoms with Gasteiger partial charge in [0.1, 0.15) is 18.2 Å². The summed E-state index contributed by atoms with van der Waals surface area (Å²) in [5.74, 6) is -3.74. The van der Waals surface area contributed by atoms with Gasteiger partial charge in [0.15, 0.2) is 11.6 Å². The van der Waals surface area contributed by atoms with Gasteiger partial charge >= 0.3 is 5.97 Å². The summed E-state index contributed by atoms with van der Waals surface area (Å²) in [6.07, 6.45) is 1.75. The number of nitrogens with zero attached hydrogens (tertiary/aromatic N) is 1. The zero-order chi connectivity index (χ0) is 19.1. The molecule has 0 radical (unpaired) electrons. The third-order valence-corrected chi connectivity index (χ3v) is 5.32. The first-order valence-corrected chi connectivity index (χ1v) is 8.78. The second-order valence-corrected chi connectivity index (χ2v) is 7.05. The Balaban J connectivity index is 1.43. The largest absolute Gasteiger partial charge is 0.489 e. The van der Waals surface area contributed by atoms with Crippen LogP contribution >= 0.6 is 0 Å². The third-order valence-electron chi connectivity index (χ3n) is 5.32. The molecule has 0 bridgehead atoms. The fourth-order valence-electron chi connectivity index (χ4n) is 3.84. The van der Waals surface area contributed by atoms with Crippen LogP contribution in [0.3, 0.4) is 0 Å². The van der Waals surface area contributed by atoms with Crippen LogP contribution in [0.4, 0.5) is 13.2 Å². The molecule has 2 aromatic rings. The fraction of sp³-hybridized carbons (Fsp3) is 0.350. The smallest absolute Gasteiger partial charge is 0.309 e. The molecule has 1 N–H and O–H groups in total. The highest BCUT2D eigenvalue weighted by molar-refractivity contribution is 5.71. The van der Waals surface area contributed by atoms with E-state index in [1.54, 1.807) is 6.07 Å². The summed E-state index contributed by atoms with van der Waals surface area (Å²) in [5, 5.41) is 9.02. The molecule has 7 heteroatoms. The Morgan fingerprint density at radius 1 is 1.19 bits per heavy atom. The van der Waals surface area contributed by atoms with E-state index in [1.807, 2.05) is 12.1 Å². The normalized spacial score (nSPS) is 19.6. The lowest BCUT2D eigenvalue weighted by molar-refractivity contribution is -0.148. The van der Waals surface area contributed by atoms with E-state index < -0.39 is 23.4 Å². The molecule has 1 unspecified atom stereocenters. The first-order valence-electron chi connectivity index (χ1n) is 8.78. The molecular weight excluding hydrogens is 359 g/mol. The van der Waals surface area contributed by atoms with Crippen molar-refractivity contribution >= 4 is 5.97 Å². The molecular formula is C20H18F3NO3. The number of aliphatic carboxylic acids is 1. The van der Waals surface area contributed by atoms with E-state index in [2.05, 4.69) is 4.90 Å². The second kappa shape index (κ2) is 6.88. The summed E-state index contributed by atoms with van der Waals surface area (Å²) in [4.78, 5) is 13.1. The predicted octanol–water partition coefficient (Wildman–Crippen LogP) is 3.69. The van der Waals surface area contributed by atoms with Crippen molar-refractivity contribution in [2.45, 2.75) is 25.5 Å². The standard InChI is InChI=1S/C20H18F3NO3/c21-14-5-12(19(23)17(22)7-14)10-27-15-2-3-16-11(6-15)1-4-18(16)24-8-13(9-24)20(25)26/h2-3,5-7,13,18H,1,4,8-10H2,(H,25,26). The maximum Gasteiger partial charge on any atom is 0.309 e. The summed E-state index contributed by atoms with van der Waals surface area (Å²) in [6.45, 7) is 0.847. The Kier molecular flexibility index (Phi) is 4.55. The summed E-state index contributed by atoms with van der Waals surface area (Å²) in [7, 11) is 0. The van der Waals surface area contributed by atoms with Crippen LogP contribution in [-0.2, 0) is 17.8 Å². The minimum Gasteiger partial charge on any atom is -0.489 e. The number of carboxylic acid groups (broad SMARTS) is 1. The van der Waals surface area contributed by atoms with Crippen molar-refractivity contribution in [2.75, 3.05) is 13.1 Å². The zero-order valence-electron chi connectivity index (χ0n) is 14.4. The van der Waals surface area contributed by atoms with E-state index in [4.69, 9.17) is 9.84 Å². The lowest BCUT2D eigenvalue weighted by atomic mass is 9.95. The number of aryl methyl sites for hydroxylation is 1. The maximum absolute atomic E-state index is 13.7. The molecule has 0 amide bonds. The van der Waals surface area contributed by atoms with Crippen molar-refractivity contribution in [3.8, 4) is 5.75 Å². The Bertz CT molecular complexity index is 896. The van der Waals surface area contributed by atoms with Gasteiger partial charge in [0, 0.05) is 30.8 Å². The first-order chi connectivity index (χ1) is 12.9.